The molecule has 0 atom stereocenters. The molecule has 0 amide bonds. The van der Waals surface area contributed by atoms with E-state index < -0.39 is 0 Å². The molecule has 0 bridgehead atoms. The minimum Gasteiger partial charge on any atom is -0.489 e. The van der Waals surface area contributed by atoms with Gasteiger partial charge in [0.1, 0.15) is 6.61 Å². The van der Waals surface area contributed by atoms with Gasteiger partial charge in [-0.05, 0) is 12.8 Å². The van der Waals surface area contributed by atoms with E-state index in [4.69, 9.17) is 4.74 Å². The number of aryl methyl sites for hydroxylation is 1. The van der Waals surface area contributed by atoms with Crippen LogP contribution in [-0.2, 0) is 7.05 Å². The summed E-state index contributed by atoms with van der Waals surface area (Å²) >= 11 is 0. The van der Waals surface area contributed by atoms with E-state index in [2.05, 4.69) is 10.4 Å². The van der Waals surface area contributed by atoms with Crippen LogP contribution in [0.5, 0.6) is 5.75 Å². The van der Waals surface area contributed by atoms with Crippen LogP contribution in [0.1, 0.15) is 25.7 Å². The van der Waals surface area contributed by atoms with Crippen molar-refractivity contribution in [2.45, 2.75) is 31.7 Å². The molecule has 0 aromatic carbocycles. The largest absolute Gasteiger partial charge is 0.489 e. The average Bonchev–Trinajstić information content (AvgIpc) is 2.84. The monoisotopic (exact) mass is 209 g/mol. The lowest BCUT2D eigenvalue weighted by Gasteiger charge is -2.11. The summed E-state index contributed by atoms with van der Waals surface area (Å²) in [6, 6.07) is 0.725. The lowest BCUT2D eigenvalue weighted by molar-refractivity contribution is 0.305. The zero-order valence-electron chi connectivity index (χ0n) is 9.28. The molecule has 1 N–H and O–H groups in total. The molecule has 1 heterocycles. The van der Waals surface area contributed by atoms with E-state index in [9.17, 15) is 0 Å². The summed E-state index contributed by atoms with van der Waals surface area (Å²) < 4.78 is 7.29. The molecule has 2 rings (SSSR count). The number of ether oxygens (including phenoxy) is 1. The molecular formula is C11H19N3O. The zero-order chi connectivity index (χ0) is 10.5. The molecule has 4 heteroatoms. The second kappa shape index (κ2) is 5.16. The average molecular weight is 209 g/mol. The van der Waals surface area contributed by atoms with E-state index in [0.717, 1.165) is 24.9 Å². The highest BCUT2D eigenvalue weighted by molar-refractivity contribution is 5.11. The Balaban J connectivity index is 1.58. The van der Waals surface area contributed by atoms with Crippen LogP contribution in [0.15, 0.2) is 12.4 Å². The number of rotatable bonds is 5. The van der Waals surface area contributed by atoms with Gasteiger partial charge in [0.15, 0.2) is 5.75 Å². The Morgan fingerprint density at radius 1 is 1.53 bits per heavy atom. The first-order chi connectivity index (χ1) is 7.34. The summed E-state index contributed by atoms with van der Waals surface area (Å²) in [4.78, 5) is 0. The van der Waals surface area contributed by atoms with Crippen molar-refractivity contribution in [3.63, 3.8) is 0 Å². The number of nitrogens with one attached hydrogen (secondary N) is 1. The molecular weight excluding hydrogens is 190 g/mol. The fourth-order valence-electron chi connectivity index (χ4n) is 2.04. The van der Waals surface area contributed by atoms with E-state index >= 15 is 0 Å². The molecule has 0 radical (unpaired) electrons. The van der Waals surface area contributed by atoms with E-state index in [-0.39, 0.29) is 0 Å². The van der Waals surface area contributed by atoms with Crippen molar-refractivity contribution in [3.05, 3.63) is 12.4 Å². The van der Waals surface area contributed by atoms with Crippen molar-refractivity contribution in [3.8, 4) is 5.75 Å². The fraction of sp³-hybridized carbons (Fsp3) is 0.727. The molecule has 0 spiro atoms. The molecule has 1 aromatic rings. The van der Waals surface area contributed by atoms with Crippen molar-refractivity contribution in [2.75, 3.05) is 13.2 Å². The Kier molecular flexibility index (Phi) is 3.61. The summed E-state index contributed by atoms with van der Waals surface area (Å²) in [5.41, 5.74) is 0. The molecule has 84 valence electrons. The van der Waals surface area contributed by atoms with Crippen LogP contribution in [0, 0.1) is 0 Å². The number of nitrogens with zero attached hydrogens (tertiary/aromatic N) is 2. The first kappa shape index (κ1) is 10.5. The third-order valence-electron chi connectivity index (χ3n) is 2.84. The second-order valence-corrected chi connectivity index (χ2v) is 4.13. The van der Waals surface area contributed by atoms with Crippen molar-refractivity contribution in [1.82, 2.24) is 15.1 Å². The van der Waals surface area contributed by atoms with Crippen LogP contribution in [0.4, 0.5) is 0 Å². The van der Waals surface area contributed by atoms with Gasteiger partial charge in [0, 0.05) is 19.6 Å². The quantitative estimate of drug-likeness (QED) is 0.744. The molecule has 0 unspecified atom stereocenters. The van der Waals surface area contributed by atoms with Crippen molar-refractivity contribution >= 4 is 0 Å². The summed E-state index contributed by atoms with van der Waals surface area (Å²) in [5.74, 6) is 0.853. The standard InChI is InChI=1S/C11H19N3O/c1-14-9-11(8-13-14)15-7-6-12-10-4-2-3-5-10/h8-10,12H,2-7H2,1H3. The number of hydrogen-bond donors (Lipinski definition) is 1. The van der Waals surface area contributed by atoms with Crippen LogP contribution in [0.3, 0.4) is 0 Å². The second-order valence-electron chi connectivity index (χ2n) is 4.13. The smallest absolute Gasteiger partial charge is 0.157 e. The Hall–Kier alpha value is -1.03. The normalized spacial score (nSPS) is 17.1. The van der Waals surface area contributed by atoms with Gasteiger partial charge in [-0.15, -0.1) is 0 Å². The van der Waals surface area contributed by atoms with Crippen molar-refractivity contribution < 1.29 is 4.74 Å². The zero-order valence-corrected chi connectivity index (χ0v) is 9.28. The highest BCUT2D eigenvalue weighted by Gasteiger charge is 2.13. The van der Waals surface area contributed by atoms with E-state index in [1.54, 1.807) is 10.9 Å². The maximum atomic E-state index is 5.54. The lowest BCUT2D eigenvalue weighted by atomic mass is 10.2. The first-order valence-electron chi connectivity index (χ1n) is 5.69. The topological polar surface area (TPSA) is 39.1 Å². The van der Waals surface area contributed by atoms with Crippen molar-refractivity contribution in [1.29, 1.82) is 0 Å². The molecule has 0 saturated heterocycles. The van der Waals surface area contributed by atoms with Gasteiger partial charge in [-0.25, -0.2) is 0 Å². The summed E-state index contributed by atoms with van der Waals surface area (Å²) in [6.07, 6.45) is 9.03. The third-order valence-corrected chi connectivity index (χ3v) is 2.84. The Morgan fingerprint density at radius 3 is 3.00 bits per heavy atom. The molecule has 1 aromatic heterocycles. The molecule has 1 aliphatic carbocycles. The van der Waals surface area contributed by atoms with Gasteiger partial charge in [0.2, 0.25) is 0 Å². The van der Waals surface area contributed by atoms with Crippen molar-refractivity contribution in [2.24, 2.45) is 7.05 Å². The minimum atomic E-state index is 0.724. The van der Waals surface area contributed by atoms with Gasteiger partial charge < -0.3 is 10.1 Å². The first-order valence-corrected chi connectivity index (χ1v) is 5.69. The fourth-order valence-corrected chi connectivity index (χ4v) is 2.04. The number of hydrogen-bond acceptors (Lipinski definition) is 3. The summed E-state index contributed by atoms with van der Waals surface area (Å²) in [5, 5.41) is 7.55. The van der Waals surface area contributed by atoms with Crippen LogP contribution in [0.25, 0.3) is 0 Å². The molecule has 4 nitrogen and oxygen atoms in total. The summed E-state index contributed by atoms with van der Waals surface area (Å²) in [6.45, 7) is 1.65. The highest BCUT2D eigenvalue weighted by Crippen LogP contribution is 2.17. The maximum absolute atomic E-state index is 5.54. The molecule has 15 heavy (non-hydrogen) atoms. The van der Waals surface area contributed by atoms with Crippen LogP contribution in [0.2, 0.25) is 0 Å². The Morgan fingerprint density at radius 2 is 2.33 bits per heavy atom. The predicted molar refractivity (Wildman–Crippen MR) is 59.0 cm³/mol. The van der Waals surface area contributed by atoms with Gasteiger partial charge in [-0.3, -0.25) is 4.68 Å². The molecule has 0 aliphatic heterocycles. The van der Waals surface area contributed by atoms with Crippen LogP contribution >= 0.6 is 0 Å². The van der Waals surface area contributed by atoms with E-state index in [0.29, 0.717) is 0 Å². The van der Waals surface area contributed by atoms with Gasteiger partial charge in [0.05, 0.1) is 12.4 Å². The van der Waals surface area contributed by atoms with Gasteiger partial charge >= 0.3 is 0 Å². The highest BCUT2D eigenvalue weighted by atomic mass is 16.5. The molecule has 1 aliphatic rings. The van der Waals surface area contributed by atoms with Gasteiger partial charge in [0.25, 0.3) is 0 Å². The predicted octanol–water partition coefficient (Wildman–Crippen LogP) is 1.33. The van der Waals surface area contributed by atoms with Gasteiger partial charge in [-0.2, -0.15) is 5.10 Å². The van der Waals surface area contributed by atoms with E-state index in [1.807, 2.05) is 13.2 Å². The Bertz CT molecular complexity index is 292. The number of aromatic nitrogens is 2. The molecule has 1 fully saturated rings. The van der Waals surface area contributed by atoms with Crippen LogP contribution in [-0.4, -0.2) is 29.0 Å². The maximum Gasteiger partial charge on any atom is 0.157 e. The summed E-state index contributed by atoms with van der Waals surface area (Å²) in [7, 11) is 1.89. The third kappa shape index (κ3) is 3.23. The van der Waals surface area contributed by atoms with E-state index in [1.165, 1.54) is 25.7 Å². The Labute approximate surface area is 90.6 Å². The lowest BCUT2D eigenvalue weighted by Crippen LogP contribution is -2.30. The molecule has 1 saturated carbocycles. The SMILES string of the molecule is Cn1cc(OCCNC2CCCC2)cn1. The minimum absolute atomic E-state index is 0.724. The van der Waals surface area contributed by atoms with Gasteiger partial charge in [-0.1, -0.05) is 12.8 Å². The van der Waals surface area contributed by atoms with Crippen LogP contribution < -0.4 is 10.1 Å².